The molecule has 0 radical (unpaired) electrons. The molecule has 2 rings (SSSR count). The SMILES string of the molecule is Cc1ccc(-c2nc(=S)[nH]o2)cc1. The first kappa shape index (κ1) is 8.19. The third-order valence-corrected chi connectivity index (χ3v) is 1.91. The van der Waals surface area contributed by atoms with E-state index in [1.807, 2.05) is 31.2 Å². The molecular formula is C9H8N2OS. The lowest BCUT2D eigenvalue weighted by molar-refractivity contribution is 0.428. The molecule has 0 aliphatic rings. The number of hydrogen-bond acceptors (Lipinski definition) is 3. The zero-order valence-corrected chi connectivity index (χ0v) is 7.89. The van der Waals surface area contributed by atoms with Crippen LogP contribution in [0.4, 0.5) is 0 Å². The van der Waals surface area contributed by atoms with E-state index in [-0.39, 0.29) is 0 Å². The highest BCUT2D eigenvalue weighted by Gasteiger charge is 2.02. The van der Waals surface area contributed by atoms with Gasteiger partial charge in [0.25, 0.3) is 5.89 Å². The van der Waals surface area contributed by atoms with Gasteiger partial charge in [-0.05, 0) is 31.3 Å². The van der Waals surface area contributed by atoms with Crippen LogP contribution in [0.25, 0.3) is 11.5 Å². The highest BCUT2D eigenvalue weighted by atomic mass is 32.1. The average Bonchev–Trinajstić information content (AvgIpc) is 2.53. The third kappa shape index (κ3) is 1.67. The molecule has 0 saturated heterocycles. The van der Waals surface area contributed by atoms with Crippen molar-refractivity contribution in [2.75, 3.05) is 0 Å². The lowest BCUT2D eigenvalue weighted by Gasteiger charge is -1.93. The molecule has 0 aliphatic heterocycles. The maximum Gasteiger partial charge on any atom is 0.255 e. The number of H-pyrrole nitrogens is 1. The van der Waals surface area contributed by atoms with E-state index in [0.29, 0.717) is 10.7 Å². The van der Waals surface area contributed by atoms with E-state index in [0.717, 1.165) is 5.56 Å². The predicted molar refractivity (Wildman–Crippen MR) is 51.9 cm³/mol. The van der Waals surface area contributed by atoms with Gasteiger partial charge < -0.3 is 4.52 Å². The Morgan fingerprint density at radius 1 is 1.31 bits per heavy atom. The molecule has 13 heavy (non-hydrogen) atoms. The van der Waals surface area contributed by atoms with Crippen LogP contribution in [-0.2, 0) is 0 Å². The number of hydrogen-bond donors (Lipinski definition) is 1. The van der Waals surface area contributed by atoms with Crippen LogP contribution in [-0.4, -0.2) is 10.1 Å². The highest BCUT2D eigenvalue weighted by molar-refractivity contribution is 7.71. The molecule has 1 aromatic heterocycles. The summed E-state index contributed by atoms with van der Waals surface area (Å²) < 4.78 is 5.42. The van der Waals surface area contributed by atoms with E-state index in [1.165, 1.54) is 5.56 Å². The standard InChI is InChI=1S/C9H8N2OS/c1-6-2-4-7(5-3-6)8-10-9(13)11-12-8/h2-5H,1H3,(H,11,13). The van der Waals surface area contributed by atoms with Crippen LogP contribution in [0, 0.1) is 11.7 Å². The second-order valence-corrected chi connectivity index (χ2v) is 3.18. The number of aryl methyl sites for hydroxylation is 1. The van der Waals surface area contributed by atoms with Gasteiger partial charge in [-0.25, -0.2) is 0 Å². The minimum absolute atomic E-state index is 0.371. The van der Waals surface area contributed by atoms with Crippen molar-refractivity contribution in [3.05, 3.63) is 34.6 Å². The lowest BCUT2D eigenvalue weighted by atomic mass is 10.1. The molecule has 0 atom stereocenters. The van der Waals surface area contributed by atoms with Gasteiger partial charge in [0, 0.05) is 5.56 Å². The number of aromatic nitrogens is 2. The Morgan fingerprint density at radius 3 is 2.54 bits per heavy atom. The first-order chi connectivity index (χ1) is 6.25. The van der Waals surface area contributed by atoms with Gasteiger partial charge in [0.1, 0.15) is 0 Å². The van der Waals surface area contributed by atoms with Crippen molar-refractivity contribution in [2.24, 2.45) is 0 Å². The van der Waals surface area contributed by atoms with Crippen LogP contribution in [0.2, 0.25) is 0 Å². The van der Waals surface area contributed by atoms with Crippen LogP contribution in [0.3, 0.4) is 0 Å². The molecule has 2 aromatic rings. The highest BCUT2D eigenvalue weighted by Crippen LogP contribution is 2.16. The van der Waals surface area contributed by atoms with Gasteiger partial charge in [-0.1, -0.05) is 17.7 Å². The van der Waals surface area contributed by atoms with Crippen molar-refractivity contribution in [2.45, 2.75) is 6.92 Å². The first-order valence-electron chi connectivity index (χ1n) is 3.88. The molecule has 0 spiro atoms. The van der Waals surface area contributed by atoms with Crippen molar-refractivity contribution in [1.82, 2.24) is 10.1 Å². The average molecular weight is 192 g/mol. The Labute approximate surface area is 80.4 Å². The van der Waals surface area contributed by atoms with Crippen molar-refractivity contribution >= 4 is 12.2 Å². The van der Waals surface area contributed by atoms with Gasteiger partial charge in [-0.15, -0.1) is 0 Å². The summed E-state index contributed by atoms with van der Waals surface area (Å²) in [7, 11) is 0. The molecule has 3 nitrogen and oxygen atoms in total. The molecule has 0 bridgehead atoms. The number of rotatable bonds is 1. The summed E-state index contributed by atoms with van der Waals surface area (Å²) in [6, 6.07) is 7.90. The van der Waals surface area contributed by atoms with Crippen molar-refractivity contribution in [3.8, 4) is 11.5 Å². The third-order valence-electron chi connectivity index (χ3n) is 1.74. The minimum atomic E-state index is 0.371. The number of benzene rings is 1. The Balaban J connectivity index is 2.47. The Hall–Kier alpha value is -1.42. The van der Waals surface area contributed by atoms with Crippen LogP contribution in [0.1, 0.15) is 5.56 Å². The molecule has 0 fully saturated rings. The van der Waals surface area contributed by atoms with E-state index in [9.17, 15) is 0 Å². The zero-order valence-electron chi connectivity index (χ0n) is 7.07. The Morgan fingerprint density at radius 2 is 2.00 bits per heavy atom. The Bertz CT molecular complexity index is 455. The van der Waals surface area contributed by atoms with Crippen molar-refractivity contribution in [1.29, 1.82) is 0 Å². The second kappa shape index (κ2) is 3.14. The fourth-order valence-electron chi connectivity index (χ4n) is 1.05. The topological polar surface area (TPSA) is 41.8 Å². The number of aromatic amines is 1. The second-order valence-electron chi connectivity index (χ2n) is 2.79. The first-order valence-corrected chi connectivity index (χ1v) is 4.29. The zero-order chi connectivity index (χ0) is 9.26. The van der Waals surface area contributed by atoms with Crippen LogP contribution < -0.4 is 0 Å². The van der Waals surface area contributed by atoms with Gasteiger partial charge in [0.05, 0.1) is 0 Å². The van der Waals surface area contributed by atoms with Gasteiger partial charge >= 0.3 is 0 Å². The molecule has 0 saturated carbocycles. The molecular weight excluding hydrogens is 184 g/mol. The van der Waals surface area contributed by atoms with Gasteiger partial charge in [-0.3, -0.25) is 0 Å². The van der Waals surface area contributed by atoms with E-state index < -0.39 is 0 Å². The summed E-state index contributed by atoms with van der Waals surface area (Å²) >= 11 is 4.80. The van der Waals surface area contributed by atoms with E-state index in [1.54, 1.807) is 0 Å². The summed E-state index contributed by atoms with van der Waals surface area (Å²) in [6.45, 7) is 2.03. The number of nitrogens with one attached hydrogen (secondary N) is 1. The van der Waals surface area contributed by atoms with E-state index >= 15 is 0 Å². The summed E-state index contributed by atoms with van der Waals surface area (Å²) in [5.41, 5.74) is 2.14. The van der Waals surface area contributed by atoms with Gasteiger partial charge in [0.2, 0.25) is 4.77 Å². The van der Waals surface area contributed by atoms with E-state index in [4.69, 9.17) is 16.7 Å². The monoisotopic (exact) mass is 192 g/mol. The summed E-state index contributed by atoms with van der Waals surface area (Å²) in [4.78, 5) is 4.00. The van der Waals surface area contributed by atoms with Gasteiger partial charge in [-0.2, -0.15) is 10.1 Å². The van der Waals surface area contributed by atoms with Crippen molar-refractivity contribution < 1.29 is 4.52 Å². The summed E-state index contributed by atoms with van der Waals surface area (Å²) in [5, 5.41) is 2.51. The fourth-order valence-corrected chi connectivity index (χ4v) is 1.17. The maximum atomic E-state index is 5.05. The maximum absolute atomic E-state index is 5.05. The largest absolute Gasteiger partial charge is 0.359 e. The Kier molecular flexibility index (Phi) is 1.98. The molecule has 1 N–H and O–H groups in total. The van der Waals surface area contributed by atoms with Crippen LogP contribution >= 0.6 is 12.2 Å². The molecule has 0 amide bonds. The molecule has 4 heteroatoms. The smallest absolute Gasteiger partial charge is 0.255 e. The molecule has 1 heterocycles. The van der Waals surface area contributed by atoms with Crippen LogP contribution in [0.15, 0.2) is 28.8 Å². The normalized spacial score (nSPS) is 10.2. The molecule has 0 aliphatic carbocycles. The summed E-state index contributed by atoms with van der Waals surface area (Å²) in [6.07, 6.45) is 0. The lowest BCUT2D eigenvalue weighted by Crippen LogP contribution is -1.77. The van der Waals surface area contributed by atoms with Crippen LogP contribution in [0.5, 0.6) is 0 Å². The van der Waals surface area contributed by atoms with Gasteiger partial charge in [0.15, 0.2) is 0 Å². The fraction of sp³-hybridized carbons (Fsp3) is 0.111. The van der Waals surface area contributed by atoms with E-state index in [2.05, 4.69) is 10.1 Å². The summed E-state index contributed by atoms with van der Waals surface area (Å²) in [5.74, 6) is 0.532. The molecule has 0 unspecified atom stereocenters. The predicted octanol–water partition coefficient (Wildman–Crippen LogP) is 2.71. The number of nitrogens with zero attached hydrogens (tertiary/aromatic N) is 1. The van der Waals surface area contributed by atoms with Crippen molar-refractivity contribution in [3.63, 3.8) is 0 Å². The minimum Gasteiger partial charge on any atom is -0.359 e. The molecule has 66 valence electrons. The quantitative estimate of drug-likeness (QED) is 0.706. The molecule has 1 aromatic carbocycles.